The molecule has 18 aromatic carbocycles. The fourth-order valence-corrected chi connectivity index (χ4v) is 21.0. The SMILES string of the molecule is C1=CB2N(C=C1)c1ccccc1N2c1ccc(N(c2ccc(-c3ccccc3)cc2)c2ccc(-c3ccc(N(c4ccc(-c5ccccc5)cc4)c4ccc(N5B6C=CC=CN6c6ccccc65)cc4)cc3)cc2)cc1.C1=CB2N(C=C1)c1ccccc1N2c1ccc(N(c2ccccc2)c2ccc(-c3ccc(N(c4ccccc4)c4ccc(N5B6C=CC=CN6c6ccccc65)cc4)cc3)cc2)cc1. The van der Waals surface area contributed by atoms with Gasteiger partial charge >= 0.3 is 27.9 Å². The second-order valence-electron chi connectivity index (χ2n) is 35.7. The van der Waals surface area contributed by atoms with Crippen LogP contribution in [0.3, 0.4) is 0 Å². The van der Waals surface area contributed by atoms with Crippen LogP contribution in [0.4, 0.5) is 136 Å². The summed E-state index contributed by atoms with van der Waals surface area (Å²) in [6, 6.07) is 167. The zero-order chi connectivity index (χ0) is 92.8. The first-order valence-corrected chi connectivity index (χ1v) is 48.0. The maximum Gasteiger partial charge on any atom is 0.412 e. The summed E-state index contributed by atoms with van der Waals surface area (Å²) < 4.78 is 0. The van der Waals surface area contributed by atoms with Gasteiger partial charge in [0.25, 0.3) is 0 Å². The van der Waals surface area contributed by atoms with Crippen molar-refractivity contribution in [3.05, 3.63) is 558 Å². The molecule has 0 bridgehead atoms. The van der Waals surface area contributed by atoms with Crippen LogP contribution in [-0.4, -0.2) is 27.9 Å². The van der Waals surface area contributed by atoms with Crippen molar-refractivity contribution in [2.75, 3.05) is 58.1 Å². The van der Waals surface area contributed by atoms with Crippen molar-refractivity contribution in [3.8, 4) is 44.5 Å². The minimum atomic E-state index is 0.0795. The van der Waals surface area contributed by atoms with Crippen LogP contribution in [0, 0.1) is 0 Å². The van der Waals surface area contributed by atoms with Crippen molar-refractivity contribution in [2.45, 2.75) is 0 Å². The number of rotatable bonds is 20. The lowest BCUT2D eigenvalue weighted by Crippen LogP contribution is -2.42. The smallest absolute Gasteiger partial charge is 0.367 e. The Morgan fingerprint density at radius 1 is 0.129 bits per heavy atom. The molecule has 0 spiro atoms. The van der Waals surface area contributed by atoms with Crippen LogP contribution in [0.1, 0.15) is 0 Å². The maximum absolute atomic E-state index is 2.42. The lowest BCUT2D eigenvalue weighted by atomic mass is 9.71. The van der Waals surface area contributed by atoms with Gasteiger partial charge in [0.05, 0.1) is 45.5 Å². The van der Waals surface area contributed by atoms with E-state index < -0.39 is 0 Å². The van der Waals surface area contributed by atoms with Crippen LogP contribution in [0.15, 0.2) is 558 Å². The van der Waals surface area contributed by atoms with Crippen molar-refractivity contribution in [1.82, 2.24) is 0 Å². The van der Waals surface area contributed by atoms with Gasteiger partial charge < -0.3 is 58.1 Å². The van der Waals surface area contributed by atoms with Crippen LogP contribution in [-0.2, 0) is 0 Å². The molecule has 660 valence electrons. The van der Waals surface area contributed by atoms with Crippen molar-refractivity contribution < 1.29 is 0 Å². The maximum atomic E-state index is 2.42. The Morgan fingerprint density at radius 3 is 0.471 bits per heavy atom. The molecule has 0 fully saturated rings. The highest BCUT2D eigenvalue weighted by molar-refractivity contribution is 6.78. The Bertz CT molecular complexity index is 7360. The molecule has 0 unspecified atom stereocenters. The predicted octanol–water partition coefficient (Wildman–Crippen LogP) is 32.2. The molecule has 0 aliphatic carbocycles. The minimum Gasteiger partial charge on any atom is -0.367 e. The molecule has 8 heterocycles. The third kappa shape index (κ3) is 15.5. The second-order valence-corrected chi connectivity index (χ2v) is 35.7. The molecule has 0 saturated heterocycles. The standard InChI is InChI=1S/C68H50B2N6.C56H42B2N6/c1-3-15-51(16-4-1)53-23-31-57(32-24-53)73(61-39-43-63(44-40-61)75-67-21-9-7-19-65(67)71-49-13-11-47-69(71)75)59-35-27-55(28-36-59)56-29-37-60(38-30-56)74(58-33-25-54(26-34-58)52-17-5-2-6-18-52)62-41-45-64(46-42-62)76-68-22-10-8-20-66(68)72-50-14-12-48-70(72)76;1-3-15-45(16-4-1)61(49-31-35-51(36-32-49)63-55-21-9-7-19-53(55)59-41-13-11-39-57(59)63)47-27-23-43(24-28-47)44-25-29-48(30-26-44)62(46-17-5-2-6-18-46)50-33-37-52(38-34-50)64-56-22-10-8-20-54(56)60-42-14-12-40-58(60)64/h1-50H;1-42H. The molecule has 0 aromatic heterocycles. The Balaban J connectivity index is 0.000000150. The molecule has 0 atom stereocenters. The Hall–Kier alpha value is -18.3. The third-order valence-electron chi connectivity index (χ3n) is 27.6. The monoisotopic (exact) mass is 1790 g/mol. The van der Waals surface area contributed by atoms with Crippen LogP contribution < -0.4 is 58.1 Å². The van der Waals surface area contributed by atoms with Crippen LogP contribution in [0.25, 0.3) is 44.5 Å². The van der Waals surface area contributed by atoms with Gasteiger partial charge in [0.2, 0.25) is 0 Å². The number of hydrogen-bond donors (Lipinski definition) is 0. The molecule has 18 aromatic rings. The second kappa shape index (κ2) is 36.5. The molecule has 16 heteroatoms. The molecule has 8 aliphatic heterocycles. The van der Waals surface area contributed by atoms with E-state index in [2.05, 4.69) is 616 Å². The van der Waals surface area contributed by atoms with E-state index in [1.165, 1.54) is 67.8 Å². The summed E-state index contributed by atoms with van der Waals surface area (Å²) in [5.74, 6) is 9.03. The van der Waals surface area contributed by atoms with Crippen LogP contribution >= 0.6 is 0 Å². The van der Waals surface area contributed by atoms with Crippen molar-refractivity contribution in [2.24, 2.45) is 0 Å². The number of fused-ring (bicyclic) bond motifs is 12. The van der Waals surface area contributed by atoms with Gasteiger partial charge in [-0.3, -0.25) is 0 Å². The first-order chi connectivity index (χ1) is 69.5. The molecule has 0 saturated carbocycles. The summed E-state index contributed by atoms with van der Waals surface area (Å²) in [6.07, 6.45) is 25.7. The van der Waals surface area contributed by atoms with Gasteiger partial charge in [-0.15, -0.1) is 0 Å². The van der Waals surface area contributed by atoms with E-state index in [9.17, 15) is 0 Å². The normalized spacial score (nSPS) is 13.9. The van der Waals surface area contributed by atoms with Gasteiger partial charge in [-0.2, -0.15) is 0 Å². The zero-order valence-corrected chi connectivity index (χ0v) is 76.8. The molecule has 0 N–H and O–H groups in total. The van der Waals surface area contributed by atoms with Gasteiger partial charge in [0, 0.05) is 91.0 Å². The first-order valence-electron chi connectivity index (χ1n) is 48.0. The number of nitrogens with zero attached hydrogens (tertiary/aromatic N) is 12. The molecule has 8 aliphatic rings. The number of anilines is 24. The summed E-state index contributed by atoms with van der Waals surface area (Å²) in [5, 5.41) is 0. The van der Waals surface area contributed by atoms with Gasteiger partial charge in [-0.05, 0) is 336 Å². The first kappa shape index (κ1) is 83.6. The molecule has 26 rings (SSSR count). The average molecular weight is 1790 g/mol. The Kier molecular flexibility index (Phi) is 21.8. The zero-order valence-electron chi connectivity index (χ0n) is 76.8. The van der Waals surface area contributed by atoms with Gasteiger partial charge in [0.1, 0.15) is 0 Å². The highest BCUT2D eigenvalue weighted by Crippen LogP contribution is 2.52. The number of hydrogen-bond acceptors (Lipinski definition) is 12. The fraction of sp³-hybridized carbons (Fsp3) is 0. The van der Waals surface area contributed by atoms with E-state index in [1.807, 2.05) is 0 Å². The molecular weight excluding hydrogens is 1700 g/mol. The van der Waals surface area contributed by atoms with E-state index in [-0.39, 0.29) is 27.9 Å². The van der Waals surface area contributed by atoms with Crippen LogP contribution in [0.2, 0.25) is 0 Å². The summed E-state index contributed by atoms with van der Waals surface area (Å²) >= 11 is 0. The number of allylic oxidation sites excluding steroid dienone is 8. The van der Waals surface area contributed by atoms with E-state index in [0.717, 1.165) is 113 Å². The molecule has 140 heavy (non-hydrogen) atoms. The lowest BCUT2D eigenvalue weighted by molar-refractivity contribution is 1.27. The minimum absolute atomic E-state index is 0.0795. The lowest BCUT2D eigenvalue weighted by Gasteiger charge is -2.29. The summed E-state index contributed by atoms with van der Waals surface area (Å²) in [4.78, 5) is 28.4. The van der Waals surface area contributed by atoms with E-state index in [4.69, 9.17) is 0 Å². The fourth-order valence-electron chi connectivity index (χ4n) is 21.0. The van der Waals surface area contributed by atoms with Gasteiger partial charge in [0.15, 0.2) is 0 Å². The van der Waals surface area contributed by atoms with Crippen molar-refractivity contribution in [1.29, 1.82) is 0 Å². The third-order valence-corrected chi connectivity index (χ3v) is 27.6. The van der Waals surface area contributed by atoms with Crippen molar-refractivity contribution >= 4 is 164 Å². The average Bonchev–Trinajstić information content (AvgIpc) is 1.61. The van der Waals surface area contributed by atoms with E-state index in [1.54, 1.807) is 0 Å². The molecule has 0 radical (unpaired) electrons. The number of para-hydroxylation sites is 10. The highest BCUT2D eigenvalue weighted by Gasteiger charge is 2.44. The number of benzene rings is 18. The Labute approximate surface area is 819 Å². The van der Waals surface area contributed by atoms with E-state index in [0.29, 0.717) is 0 Å². The topological polar surface area (TPSA) is 38.9 Å². The molecule has 0 amide bonds. The predicted molar refractivity (Wildman–Crippen MR) is 594 cm³/mol. The molecular formula is C124H92B4N12. The summed E-state index contributed by atoms with van der Waals surface area (Å²) in [5.41, 5.74) is 36.7. The van der Waals surface area contributed by atoms with Crippen molar-refractivity contribution in [3.63, 3.8) is 0 Å². The molecule has 12 nitrogen and oxygen atoms in total. The van der Waals surface area contributed by atoms with Gasteiger partial charge in [-0.25, -0.2) is 0 Å². The summed E-state index contributed by atoms with van der Waals surface area (Å²) in [6.45, 7) is 0.365. The Morgan fingerprint density at radius 2 is 0.279 bits per heavy atom. The van der Waals surface area contributed by atoms with Gasteiger partial charge in [-0.1, -0.05) is 267 Å². The highest BCUT2D eigenvalue weighted by atomic mass is 15.3. The van der Waals surface area contributed by atoms with E-state index >= 15 is 0 Å². The summed E-state index contributed by atoms with van der Waals surface area (Å²) in [7, 11) is 0. The largest absolute Gasteiger partial charge is 0.412 e. The van der Waals surface area contributed by atoms with Crippen LogP contribution in [0.5, 0.6) is 0 Å². The quantitative estimate of drug-likeness (QED) is 0.0683.